The van der Waals surface area contributed by atoms with Gasteiger partial charge < -0.3 is 10.1 Å². The van der Waals surface area contributed by atoms with Crippen LogP contribution in [0.15, 0.2) is 12.3 Å². The predicted octanol–water partition coefficient (Wildman–Crippen LogP) is 0.461. The standard InChI is InChI=1S/C10H13F2N3O2/c1-15-7(2-3-14-15)5-13-6-8-4-10(11,12)9(16)17-8/h2-3,8,13H,4-6H2,1H3. The Kier molecular flexibility index (Phi) is 3.10. The molecule has 17 heavy (non-hydrogen) atoms. The summed E-state index contributed by atoms with van der Waals surface area (Å²) in [5.74, 6) is -4.76. The molecule has 1 N–H and O–H groups in total. The third kappa shape index (κ3) is 2.60. The van der Waals surface area contributed by atoms with Crippen molar-refractivity contribution < 1.29 is 18.3 Å². The van der Waals surface area contributed by atoms with E-state index in [-0.39, 0.29) is 6.54 Å². The molecule has 1 atom stereocenters. The maximum Gasteiger partial charge on any atom is 0.377 e. The van der Waals surface area contributed by atoms with Gasteiger partial charge in [-0.15, -0.1) is 0 Å². The van der Waals surface area contributed by atoms with Gasteiger partial charge in [-0.1, -0.05) is 0 Å². The number of nitrogens with zero attached hydrogens (tertiary/aromatic N) is 2. The maximum absolute atomic E-state index is 12.8. The number of rotatable bonds is 4. The molecule has 1 aliphatic heterocycles. The first-order valence-electron chi connectivity index (χ1n) is 5.25. The molecule has 1 saturated heterocycles. The van der Waals surface area contributed by atoms with Gasteiger partial charge in [0.2, 0.25) is 0 Å². The number of carbonyl (C=O) groups excluding carboxylic acids is 1. The minimum absolute atomic E-state index is 0.215. The van der Waals surface area contributed by atoms with Crippen LogP contribution in [-0.2, 0) is 23.1 Å². The van der Waals surface area contributed by atoms with Gasteiger partial charge in [0.15, 0.2) is 0 Å². The van der Waals surface area contributed by atoms with Crippen LogP contribution in [0.5, 0.6) is 0 Å². The third-order valence-corrected chi connectivity index (χ3v) is 2.66. The van der Waals surface area contributed by atoms with Crippen molar-refractivity contribution in [3.05, 3.63) is 18.0 Å². The van der Waals surface area contributed by atoms with Crippen molar-refractivity contribution in [3.8, 4) is 0 Å². The van der Waals surface area contributed by atoms with Crippen LogP contribution in [-0.4, -0.2) is 34.3 Å². The van der Waals surface area contributed by atoms with E-state index in [9.17, 15) is 13.6 Å². The van der Waals surface area contributed by atoms with Gasteiger partial charge in [-0.05, 0) is 6.07 Å². The fourth-order valence-corrected chi connectivity index (χ4v) is 1.70. The Labute approximate surface area is 96.7 Å². The van der Waals surface area contributed by atoms with Gasteiger partial charge in [-0.3, -0.25) is 4.68 Å². The van der Waals surface area contributed by atoms with Gasteiger partial charge in [0.25, 0.3) is 0 Å². The van der Waals surface area contributed by atoms with Gasteiger partial charge in [0.05, 0.1) is 12.1 Å². The molecule has 0 bridgehead atoms. The van der Waals surface area contributed by atoms with E-state index in [2.05, 4.69) is 15.2 Å². The van der Waals surface area contributed by atoms with Crippen molar-refractivity contribution in [2.45, 2.75) is 25.0 Å². The molecule has 1 unspecified atom stereocenters. The number of alkyl halides is 2. The van der Waals surface area contributed by atoms with E-state index in [1.807, 2.05) is 6.07 Å². The number of aromatic nitrogens is 2. The third-order valence-electron chi connectivity index (χ3n) is 2.66. The van der Waals surface area contributed by atoms with E-state index in [1.165, 1.54) is 0 Å². The van der Waals surface area contributed by atoms with Gasteiger partial charge in [-0.2, -0.15) is 13.9 Å². The van der Waals surface area contributed by atoms with Gasteiger partial charge in [0, 0.05) is 26.3 Å². The zero-order chi connectivity index (χ0) is 12.5. The first kappa shape index (κ1) is 12.0. The molecule has 0 spiro atoms. The SMILES string of the molecule is Cn1nccc1CNCC1CC(F)(F)C(=O)O1. The molecule has 0 aliphatic carbocycles. The van der Waals surface area contributed by atoms with E-state index < -0.39 is 24.4 Å². The molecule has 0 radical (unpaired) electrons. The first-order chi connectivity index (χ1) is 7.99. The number of halogens is 2. The van der Waals surface area contributed by atoms with E-state index in [0.717, 1.165) is 5.69 Å². The highest BCUT2D eigenvalue weighted by Crippen LogP contribution is 2.30. The summed E-state index contributed by atoms with van der Waals surface area (Å²) in [6.45, 7) is 0.711. The van der Waals surface area contributed by atoms with Crippen LogP contribution < -0.4 is 5.32 Å². The second kappa shape index (κ2) is 4.40. The normalized spacial score (nSPS) is 22.8. The summed E-state index contributed by atoms with van der Waals surface area (Å²) in [7, 11) is 1.79. The van der Waals surface area contributed by atoms with Crippen molar-refractivity contribution in [3.63, 3.8) is 0 Å². The summed E-state index contributed by atoms with van der Waals surface area (Å²) in [4.78, 5) is 10.7. The highest BCUT2D eigenvalue weighted by molar-refractivity contribution is 5.79. The molecular weight excluding hydrogens is 232 g/mol. The molecule has 2 heterocycles. The van der Waals surface area contributed by atoms with Crippen LogP contribution in [0, 0.1) is 0 Å². The lowest BCUT2D eigenvalue weighted by atomic mass is 10.2. The van der Waals surface area contributed by atoms with Crippen LogP contribution >= 0.6 is 0 Å². The molecule has 0 aromatic carbocycles. The zero-order valence-electron chi connectivity index (χ0n) is 9.32. The average Bonchev–Trinajstić information content (AvgIpc) is 2.73. The van der Waals surface area contributed by atoms with Crippen molar-refractivity contribution in [1.29, 1.82) is 0 Å². The van der Waals surface area contributed by atoms with Crippen LogP contribution in [0.1, 0.15) is 12.1 Å². The number of hydrogen-bond acceptors (Lipinski definition) is 4. The predicted molar refractivity (Wildman–Crippen MR) is 54.4 cm³/mol. The molecule has 1 aromatic heterocycles. The Morgan fingerprint density at radius 3 is 3.00 bits per heavy atom. The summed E-state index contributed by atoms with van der Waals surface area (Å²) in [6, 6.07) is 1.82. The van der Waals surface area contributed by atoms with E-state index in [1.54, 1.807) is 17.9 Å². The van der Waals surface area contributed by atoms with Gasteiger partial charge in [-0.25, -0.2) is 4.79 Å². The second-order valence-electron chi connectivity index (χ2n) is 4.01. The quantitative estimate of drug-likeness (QED) is 0.783. The number of hydrogen-bond donors (Lipinski definition) is 1. The average molecular weight is 245 g/mol. The summed E-state index contributed by atoms with van der Waals surface area (Å²) in [5.41, 5.74) is 0.932. The lowest BCUT2D eigenvalue weighted by molar-refractivity contribution is -0.159. The Hall–Kier alpha value is -1.50. The molecule has 1 aliphatic rings. The Morgan fingerprint density at radius 1 is 1.71 bits per heavy atom. The topological polar surface area (TPSA) is 56.2 Å². The monoisotopic (exact) mass is 245 g/mol. The van der Waals surface area contributed by atoms with Crippen molar-refractivity contribution >= 4 is 5.97 Å². The molecule has 1 fully saturated rings. The largest absolute Gasteiger partial charge is 0.456 e. The van der Waals surface area contributed by atoms with Crippen molar-refractivity contribution in [1.82, 2.24) is 15.1 Å². The van der Waals surface area contributed by atoms with Crippen LogP contribution in [0.2, 0.25) is 0 Å². The van der Waals surface area contributed by atoms with Crippen LogP contribution in [0.4, 0.5) is 8.78 Å². The summed E-state index contributed by atoms with van der Waals surface area (Å²) >= 11 is 0. The molecule has 7 heteroatoms. The van der Waals surface area contributed by atoms with Crippen LogP contribution in [0.3, 0.4) is 0 Å². The molecule has 94 valence electrons. The minimum atomic E-state index is -3.33. The molecule has 5 nitrogen and oxygen atoms in total. The zero-order valence-corrected chi connectivity index (χ0v) is 9.32. The number of carbonyl (C=O) groups is 1. The number of aryl methyl sites for hydroxylation is 1. The Morgan fingerprint density at radius 2 is 2.47 bits per heavy atom. The van der Waals surface area contributed by atoms with Crippen molar-refractivity contribution in [2.24, 2.45) is 7.05 Å². The fourth-order valence-electron chi connectivity index (χ4n) is 1.70. The number of esters is 1. The van der Waals surface area contributed by atoms with Crippen LogP contribution in [0.25, 0.3) is 0 Å². The highest BCUT2D eigenvalue weighted by atomic mass is 19.3. The van der Waals surface area contributed by atoms with E-state index in [4.69, 9.17) is 0 Å². The van der Waals surface area contributed by atoms with E-state index in [0.29, 0.717) is 6.54 Å². The number of ether oxygens (including phenoxy) is 1. The summed E-state index contributed by atoms with van der Waals surface area (Å²) in [5, 5.41) is 6.93. The molecule has 1 aromatic rings. The Bertz CT molecular complexity index is 419. The second-order valence-corrected chi connectivity index (χ2v) is 4.01. The maximum atomic E-state index is 12.8. The Balaban J connectivity index is 1.77. The lowest BCUT2D eigenvalue weighted by Crippen LogP contribution is -2.27. The number of cyclic esters (lactones) is 1. The van der Waals surface area contributed by atoms with Gasteiger partial charge >= 0.3 is 11.9 Å². The summed E-state index contributed by atoms with van der Waals surface area (Å²) in [6.07, 6.45) is 0.344. The number of nitrogens with one attached hydrogen (secondary N) is 1. The fraction of sp³-hybridized carbons (Fsp3) is 0.600. The molecule has 2 rings (SSSR count). The molecule has 0 saturated carbocycles. The summed E-state index contributed by atoms with van der Waals surface area (Å²) < 4.78 is 31.9. The van der Waals surface area contributed by atoms with Crippen molar-refractivity contribution in [2.75, 3.05) is 6.54 Å². The molecule has 0 amide bonds. The van der Waals surface area contributed by atoms with Gasteiger partial charge in [0.1, 0.15) is 6.10 Å². The van der Waals surface area contributed by atoms with E-state index >= 15 is 0 Å². The first-order valence-corrected chi connectivity index (χ1v) is 5.25. The lowest BCUT2D eigenvalue weighted by Gasteiger charge is -2.09. The minimum Gasteiger partial charge on any atom is -0.456 e. The smallest absolute Gasteiger partial charge is 0.377 e. The molecular formula is C10H13F2N3O2. The highest BCUT2D eigenvalue weighted by Gasteiger charge is 2.50.